The Kier molecular flexibility index (Phi) is 1.70. The first-order valence-corrected chi connectivity index (χ1v) is 5.47. The molecule has 78 valence electrons. The highest BCUT2D eigenvalue weighted by molar-refractivity contribution is 5.99. The molecule has 1 spiro atoms. The lowest BCUT2D eigenvalue weighted by Gasteiger charge is -2.24. The average molecular weight is 202 g/mol. The summed E-state index contributed by atoms with van der Waals surface area (Å²) in [5.74, 6) is 1.07. The molecule has 1 aromatic carbocycles. The highest BCUT2D eigenvalue weighted by Gasteiger charge is 2.48. The van der Waals surface area contributed by atoms with Crippen molar-refractivity contribution in [3.05, 3.63) is 29.3 Å². The third-order valence-corrected chi connectivity index (χ3v) is 3.78. The molecule has 0 N–H and O–H groups in total. The van der Waals surface area contributed by atoms with E-state index in [1.807, 2.05) is 12.1 Å². The Hall–Kier alpha value is -1.31. The number of carbonyl (C=O) groups excluding carboxylic acids is 1. The Morgan fingerprint density at radius 3 is 2.73 bits per heavy atom. The number of Topliss-reactive ketones (excluding diaryl/α,β-unsaturated/α-hetero) is 1. The van der Waals surface area contributed by atoms with E-state index in [1.165, 1.54) is 18.4 Å². The van der Waals surface area contributed by atoms with Crippen LogP contribution in [0, 0.1) is 0 Å². The molecule has 0 radical (unpaired) electrons. The van der Waals surface area contributed by atoms with Crippen LogP contribution >= 0.6 is 0 Å². The summed E-state index contributed by atoms with van der Waals surface area (Å²) in [6, 6.07) is 5.95. The van der Waals surface area contributed by atoms with E-state index in [1.54, 1.807) is 7.11 Å². The summed E-state index contributed by atoms with van der Waals surface area (Å²) in [7, 11) is 1.64. The van der Waals surface area contributed by atoms with Crippen molar-refractivity contribution in [1.82, 2.24) is 0 Å². The first kappa shape index (κ1) is 8.96. The van der Waals surface area contributed by atoms with Gasteiger partial charge in [0.15, 0.2) is 5.78 Å². The Morgan fingerprint density at radius 1 is 1.27 bits per heavy atom. The number of hydrogen-bond acceptors (Lipinski definition) is 2. The molecule has 0 amide bonds. The van der Waals surface area contributed by atoms with Crippen molar-refractivity contribution in [1.29, 1.82) is 0 Å². The molecule has 2 nitrogen and oxygen atoms in total. The van der Waals surface area contributed by atoms with Crippen LogP contribution in [0.15, 0.2) is 18.2 Å². The molecule has 3 rings (SSSR count). The normalized spacial score (nSPS) is 21.3. The summed E-state index contributed by atoms with van der Waals surface area (Å²) in [5, 5.41) is 0. The van der Waals surface area contributed by atoms with Gasteiger partial charge in [-0.3, -0.25) is 4.79 Å². The quantitative estimate of drug-likeness (QED) is 0.700. The lowest BCUT2D eigenvalue weighted by molar-refractivity contribution is 0.0964. The maximum Gasteiger partial charge on any atom is 0.163 e. The molecule has 0 unspecified atom stereocenters. The number of benzene rings is 1. The Bertz CT molecular complexity index is 430. The van der Waals surface area contributed by atoms with E-state index in [4.69, 9.17) is 4.74 Å². The van der Waals surface area contributed by atoms with Gasteiger partial charge in [0.2, 0.25) is 0 Å². The van der Waals surface area contributed by atoms with Crippen LogP contribution in [0.2, 0.25) is 0 Å². The maximum absolute atomic E-state index is 11.8. The zero-order valence-corrected chi connectivity index (χ0v) is 8.88. The highest BCUT2D eigenvalue weighted by atomic mass is 16.5. The van der Waals surface area contributed by atoms with E-state index in [2.05, 4.69) is 6.07 Å². The van der Waals surface area contributed by atoms with Gasteiger partial charge in [-0.2, -0.15) is 0 Å². The Morgan fingerprint density at radius 2 is 2.07 bits per heavy atom. The number of hydrogen-bond donors (Lipinski definition) is 0. The van der Waals surface area contributed by atoms with E-state index >= 15 is 0 Å². The minimum absolute atomic E-state index is 0.279. The van der Waals surface area contributed by atoms with Crippen molar-refractivity contribution in [2.75, 3.05) is 7.11 Å². The van der Waals surface area contributed by atoms with Gasteiger partial charge < -0.3 is 4.74 Å². The lowest BCUT2D eigenvalue weighted by Crippen LogP contribution is -2.20. The van der Waals surface area contributed by atoms with Crippen LogP contribution < -0.4 is 4.74 Å². The lowest BCUT2D eigenvalue weighted by atomic mass is 9.79. The number of ketones is 1. The van der Waals surface area contributed by atoms with Crippen LogP contribution in [0.1, 0.15) is 41.6 Å². The summed E-state index contributed by atoms with van der Waals surface area (Å²) in [5.41, 5.74) is 2.52. The number of ether oxygens (including phenoxy) is 1. The van der Waals surface area contributed by atoms with Gasteiger partial charge in [0.25, 0.3) is 0 Å². The topological polar surface area (TPSA) is 26.3 Å². The zero-order valence-electron chi connectivity index (χ0n) is 8.88. The first-order valence-electron chi connectivity index (χ1n) is 5.47. The molecule has 2 heteroatoms. The Labute approximate surface area is 89.2 Å². The van der Waals surface area contributed by atoms with Crippen LogP contribution in [-0.4, -0.2) is 12.9 Å². The molecule has 0 atom stereocenters. The van der Waals surface area contributed by atoms with Crippen molar-refractivity contribution in [3.63, 3.8) is 0 Å². The molecule has 1 saturated carbocycles. The van der Waals surface area contributed by atoms with E-state index in [-0.39, 0.29) is 5.78 Å². The number of fused-ring (bicyclic) bond motifs is 2. The molecule has 2 aliphatic rings. The summed E-state index contributed by atoms with van der Waals surface area (Å²) in [6.07, 6.45) is 4.25. The molecule has 15 heavy (non-hydrogen) atoms. The van der Waals surface area contributed by atoms with Gasteiger partial charge in [-0.1, -0.05) is 6.07 Å². The molecule has 0 heterocycles. The minimum Gasteiger partial charge on any atom is -0.497 e. The summed E-state index contributed by atoms with van der Waals surface area (Å²) >= 11 is 0. The fourth-order valence-corrected chi connectivity index (χ4v) is 2.64. The fraction of sp³-hybridized carbons (Fsp3) is 0.462. The smallest absolute Gasteiger partial charge is 0.163 e. The van der Waals surface area contributed by atoms with Gasteiger partial charge in [0.05, 0.1) is 7.11 Å². The minimum atomic E-state index is 0.279. The molecule has 1 aromatic rings. The van der Waals surface area contributed by atoms with Crippen molar-refractivity contribution in [3.8, 4) is 5.75 Å². The third kappa shape index (κ3) is 1.21. The van der Waals surface area contributed by atoms with Gasteiger partial charge in [-0.25, -0.2) is 0 Å². The summed E-state index contributed by atoms with van der Waals surface area (Å²) in [4.78, 5) is 11.8. The summed E-state index contributed by atoms with van der Waals surface area (Å²) in [6.45, 7) is 0. The second-order valence-corrected chi connectivity index (χ2v) is 4.62. The fourth-order valence-electron chi connectivity index (χ4n) is 2.64. The molecular weight excluding hydrogens is 188 g/mol. The monoisotopic (exact) mass is 202 g/mol. The largest absolute Gasteiger partial charge is 0.497 e. The van der Waals surface area contributed by atoms with E-state index in [9.17, 15) is 4.79 Å². The predicted molar refractivity (Wildman–Crippen MR) is 57.5 cm³/mol. The van der Waals surface area contributed by atoms with Gasteiger partial charge in [0.1, 0.15) is 5.75 Å². The summed E-state index contributed by atoms with van der Waals surface area (Å²) < 4.78 is 5.16. The number of methoxy groups -OCH3 is 1. The molecule has 0 aliphatic heterocycles. The average Bonchev–Trinajstić information content (AvgIpc) is 3.05. The zero-order chi connectivity index (χ0) is 10.5. The standard InChI is InChI=1S/C13H14O2/c1-15-9-2-3-11-10(8-9)12(14)4-5-13(11)6-7-13/h2-3,8H,4-7H2,1H3. The molecular formula is C13H14O2. The number of rotatable bonds is 1. The molecule has 0 saturated heterocycles. The van der Waals surface area contributed by atoms with Gasteiger partial charge >= 0.3 is 0 Å². The number of carbonyl (C=O) groups is 1. The van der Waals surface area contributed by atoms with Gasteiger partial charge in [-0.05, 0) is 42.4 Å². The van der Waals surface area contributed by atoms with Crippen molar-refractivity contribution >= 4 is 5.78 Å². The molecule has 2 aliphatic carbocycles. The van der Waals surface area contributed by atoms with Crippen molar-refractivity contribution in [2.45, 2.75) is 31.1 Å². The molecule has 0 aromatic heterocycles. The van der Waals surface area contributed by atoms with Crippen molar-refractivity contribution < 1.29 is 9.53 Å². The van der Waals surface area contributed by atoms with Crippen molar-refractivity contribution in [2.24, 2.45) is 0 Å². The van der Waals surface area contributed by atoms with Crippen LogP contribution in [-0.2, 0) is 5.41 Å². The molecule has 1 fully saturated rings. The van der Waals surface area contributed by atoms with E-state index < -0.39 is 0 Å². The second kappa shape index (κ2) is 2.84. The third-order valence-electron chi connectivity index (χ3n) is 3.78. The Balaban J connectivity index is 2.15. The second-order valence-electron chi connectivity index (χ2n) is 4.62. The predicted octanol–water partition coefficient (Wildman–Crippen LogP) is 2.70. The highest BCUT2D eigenvalue weighted by Crippen LogP contribution is 2.55. The van der Waals surface area contributed by atoms with E-state index in [0.29, 0.717) is 11.8 Å². The SMILES string of the molecule is COc1ccc2c(c1)C(=O)CCC21CC1. The van der Waals surface area contributed by atoms with Crippen LogP contribution in [0.25, 0.3) is 0 Å². The maximum atomic E-state index is 11.8. The van der Waals surface area contributed by atoms with Gasteiger partial charge in [0, 0.05) is 12.0 Å². The van der Waals surface area contributed by atoms with Crippen LogP contribution in [0.3, 0.4) is 0 Å². The van der Waals surface area contributed by atoms with Crippen LogP contribution in [0.5, 0.6) is 5.75 Å². The first-order chi connectivity index (χ1) is 7.25. The molecule has 0 bridgehead atoms. The van der Waals surface area contributed by atoms with Gasteiger partial charge in [-0.15, -0.1) is 0 Å². The van der Waals surface area contributed by atoms with Crippen LogP contribution in [0.4, 0.5) is 0 Å². The van der Waals surface area contributed by atoms with E-state index in [0.717, 1.165) is 17.7 Å².